The van der Waals surface area contributed by atoms with Crippen molar-refractivity contribution in [3.63, 3.8) is 0 Å². The van der Waals surface area contributed by atoms with Crippen molar-refractivity contribution < 1.29 is 13.7 Å². The van der Waals surface area contributed by atoms with Crippen molar-refractivity contribution in [3.05, 3.63) is 72.4 Å². The molecule has 6 nitrogen and oxygen atoms in total. The van der Waals surface area contributed by atoms with Gasteiger partial charge in [-0.15, -0.1) is 10.2 Å². The van der Waals surface area contributed by atoms with Crippen molar-refractivity contribution in [2.45, 2.75) is 17.7 Å². The minimum atomic E-state index is -0.305. The van der Waals surface area contributed by atoms with E-state index in [0.29, 0.717) is 29.6 Å². The van der Waals surface area contributed by atoms with Crippen molar-refractivity contribution in [1.29, 1.82) is 0 Å². The largest absolute Gasteiger partial charge is 0.494 e. The predicted molar refractivity (Wildman–Crippen MR) is 108 cm³/mol. The molecule has 0 spiro atoms. The molecule has 0 atom stereocenters. The minimum absolute atomic E-state index is 0.305. The molecule has 0 unspecified atom stereocenters. The molecule has 0 radical (unpaired) electrons. The summed E-state index contributed by atoms with van der Waals surface area (Å²) >= 11 is 1.45. The molecule has 2 aromatic carbocycles. The highest BCUT2D eigenvalue weighted by Crippen LogP contribution is 2.25. The maximum atomic E-state index is 13.0. The molecule has 4 aromatic rings. The Morgan fingerprint density at radius 2 is 1.69 bits per heavy atom. The third-order valence-electron chi connectivity index (χ3n) is 4.02. The van der Waals surface area contributed by atoms with Crippen LogP contribution in [0.1, 0.15) is 12.8 Å². The number of hydrogen-bond acceptors (Lipinski definition) is 7. The normalized spacial score (nSPS) is 10.8. The number of aromatic nitrogens is 4. The number of nitrogens with zero attached hydrogens (tertiary/aromatic N) is 4. The SMILES string of the molecule is CCOc1ccc(-c2ccc(SCc3nc(-c4ccc(F)cc4)no3)nn2)cc1. The first kappa shape index (κ1) is 19.1. The fraction of sp³-hybridized carbons (Fsp3) is 0.143. The van der Waals surface area contributed by atoms with Gasteiger partial charge in [-0.05, 0) is 67.6 Å². The first-order valence-electron chi connectivity index (χ1n) is 8.99. The maximum absolute atomic E-state index is 13.0. The van der Waals surface area contributed by atoms with Crippen LogP contribution in [0.5, 0.6) is 5.75 Å². The van der Waals surface area contributed by atoms with Gasteiger partial charge in [0.25, 0.3) is 0 Å². The summed E-state index contributed by atoms with van der Waals surface area (Å²) < 4.78 is 23.7. The van der Waals surface area contributed by atoms with Crippen molar-refractivity contribution >= 4 is 11.8 Å². The minimum Gasteiger partial charge on any atom is -0.494 e. The second-order valence-electron chi connectivity index (χ2n) is 6.02. The van der Waals surface area contributed by atoms with Gasteiger partial charge in [-0.25, -0.2) is 4.39 Å². The second-order valence-corrected chi connectivity index (χ2v) is 7.02. The Bertz CT molecular complexity index is 1070. The fourth-order valence-corrected chi connectivity index (χ4v) is 3.26. The van der Waals surface area contributed by atoms with E-state index in [9.17, 15) is 4.39 Å². The van der Waals surface area contributed by atoms with Crippen molar-refractivity contribution in [3.8, 4) is 28.4 Å². The van der Waals surface area contributed by atoms with E-state index >= 15 is 0 Å². The molecule has 2 aromatic heterocycles. The van der Waals surface area contributed by atoms with E-state index in [1.165, 1.54) is 23.9 Å². The molecule has 146 valence electrons. The Hall–Kier alpha value is -3.26. The van der Waals surface area contributed by atoms with Crippen molar-refractivity contribution in [2.75, 3.05) is 6.61 Å². The van der Waals surface area contributed by atoms with Gasteiger partial charge in [-0.2, -0.15) is 4.98 Å². The standard InChI is InChI=1S/C21H17FN4O2S/c1-2-27-17-9-5-14(6-10-17)18-11-12-20(25-24-18)29-13-19-23-21(26-28-19)15-3-7-16(22)8-4-15/h3-12H,2,13H2,1H3. The molecule has 0 N–H and O–H groups in total. The Labute approximate surface area is 171 Å². The summed E-state index contributed by atoms with van der Waals surface area (Å²) in [6.07, 6.45) is 0. The lowest BCUT2D eigenvalue weighted by Crippen LogP contribution is -1.92. The van der Waals surface area contributed by atoms with Crippen LogP contribution in [0.4, 0.5) is 4.39 Å². The van der Waals surface area contributed by atoms with Gasteiger partial charge in [0, 0.05) is 11.1 Å². The van der Waals surface area contributed by atoms with Gasteiger partial charge in [0.1, 0.15) is 16.6 Å². The monoisotopic (exact) mass is 408 g/mol. The van der Waals surface area contributed by atoms with E-state index in [0.717, 1.165) is 22.0 Å². The van der Waals surface area contributed by atoms with Gasteiger partial charge in [0.2, 0.25) is 11.7 Å². The zero-order chi connectivity index (χ0) is 20.1. The molecule has 0 aliphatic rings. The quantitative estimate of drug-likeness (QED) is 0.397. The molecule has 4 rings (SSSR count). The van der Waals surface area contributed by atoms with Crippen LogP contribution >= 0.6 is 11.8 Å². The Morgan fingerprint density at radius 3 is 2.38 bits per heavy atom. The number of hydrogen-bond donors (Lipinski definition) is 0. The van der Waals surface area contributed by atoms with Crippen molar-refractivity contribution in [1.82, 2.24) is 20.3 Å². The first-order valence-corrected chi connectivity index (χ1v) is 9.98. The molecule has 0 saturated carbocycles. The third-order valence-corrected chi connectivity index (χ3v) is 4.92. The second kappa shape index (κ2) is 8.83. The number of benzene rings is 2. The lowest BCUT2D eigenvalue weighted by Gasteiger charge is -2.04. The van der Waals surface area contributed by atoms with Crippen LogP contribution in [-0.2, 0) is 5.75 Å². The highest BCUT2D eigenvalue weighted by molar-refractivity contribution is 7.98. The number of halogens is 1. The number of thioether (sulfide) groups is 1. The lowest BCUT2D eigenvalue weighted by molar-refractivity contribution is 0.340. The van der Waals surface area contributed by atoms with E-state index in [-0.39, 0.29) is 5.82 Å². The van der Waals surface area contributed by atoms with Crippen LogP contribution in [0.3, 0.4) is 0 Å². The summed E-state index contributed by atoms with van der Waals surface area (Å²) in [4.78, 5) is 4.33. The molecule has 0 aliphatic carbocycles. The van der Waals surface area contributed by atoms with Crippen LogP contribution in [0, 0.1) is 5.82 Å². The van der Waals surface area contributed by atoms with Crippen molar-refractivity contribution in [2.24, 2.45) is 0 Å². The molecule has 0 fully saturated rings. The van der Waals surface area contributed by atoms with Crippen LogP contribution < -0.4 is 4.74 Å². The Morgan fingerprint density at radius 1 is 0.931 bits per heavy atom. The predicted octanol–water partition coefficient (Wildman–Crippen LogP) is 5.02. The van der Waals surface area contributed by atoms with E-state index in [1.807, 2.05) is 43.3 Å². The van der Waals surface area contributed by atoms with E-state index in [4.69, 9.17) is 9.26 Å². The molecule has 0 saturated heterocycles. The molecule has 29 heavy (non-hydrogen) atoms. The highest BCUT2D eigenvalue weighted by atomic mass is 32.2. The van der Waals surface area contributed by atoms with Gasteiger partial charge in [-0.3, -0.25) is 0 Å². The van der Waals surface area contributed by atoms with E-state index in [1.54, 1.807) is 12.1 Å². The van der Waals surface area contributed by atoms with Gasteiger partial charge in [-0.1, -0.05) is 16.9 Å². The van der Waals surface area contributed by atoms with Gasteiger partial charge < -0.3 is 9.26 Å². The summed E-state index contributed by atoms with van der Waals surface area (Å²) in [5, 5.41) is 13.2. The summed E-state index contributed by atoms with van der Waals surface area (Å²) in [6, 6.07) is 17.5. The zero-order valence-electron chi connectivity index (χ0n) is 15.6. The summed E-state index contributed by atoms with van der Waals surface area (Å²) in [6.45, 7) is 2.59. The van der Waals surface area contributed by atoms with Gasteiger partial charge in [0.05, 0.1) is 18.1 Å². The maximum Gasteiger partial charge on any atom is 0.237 e. The third kappa shape index (κ3) is 4.78. The Balaban J connectivity index is 1.37. The molecule has 0 bridgehead atoms. The average molecular weight is 408 g/mol. The number of rotatable bonds is 7. The molecule has 8 heteroatoms. The first-order chi connectivity index (χ1) is 14.2. The van der Waals surface area contributed by atoms with Crippen LogP contribution in [0.25, 0.3) is 22.6 Å². The lowest BCUT2D eigenvalue weighted by atomic mass is 10.1. The van der Waals surface area contributed by atoms with Crippen LogP contribution in [-0.4, -0.2) is 26.9 Å². The van der Waals surface area contributed by atoms with E-state index < -0.39 is 0 Å². The smallest absolute Gasteiger partial charge is 0.237 e. The molecule has 0 aliphatic heterocycles. The Kier molecular flexibility index (Phi) is 5.81. The van der Waals surface area contributed by atoms with Gasteiger partial charge in [0.15, 0.2) is 0 Å². The average Bonchev–Trinajstić information content (AvgIpc) is 3.23. The molecule has 0 amide bonds. The molecular weight excluding hydrogens is 391 g/mol. The zero-order valence-corrected chi connectivity index (χ0v) is 16.4. The summed E-state index contributed by atoms with van der Waals surface area (Å²) in [7, 11) is 0. The summed E-state index contributed by atoms with van der Waals surface area (Å²) in [5.41, 5.74) is 2.46. The number of ether oxygens (including phenoxy) is 1. The van der Waals surface area contributed by atoms with Crippen LogP contribution in [0.2, 0.25) is 0 Å². The molecular formula is C21H17FN4O2S. The van der Waals surface area contributed by atoms with Gasteiger partial charge >= 0.3 is 0 Å². The molecule has 2 heterocycles. The van der Waals surface area contributed by atoms with E-state index in [2.05, 4.69) is 20.3 Å². The topological polar surface area (TPSA) is 73.9 Å². The highest BCUT2D eigenvalue weighted by Gasteiger charge is 2.10. The fourth-order valence-electron chi connectivity index (χ4n) is 2.60. The summed E-state index contributed by atoms with van der Waals surface area (Å²) in [5.74, 6) is 1.88. The van der Waals surface area contributed by atoms with Crippen LogP contribution in [0.15, 0.2) is 70.2 Å².